The Morgan fingerprint density at radius 1 is 1.23 bits per heavy atom. The Labute approximate surface area is 127 Å². The van der Waals surface area contributed by atoms with Crippen molar-refractivity contribution in [3.63, 3.8) is 0 Å². The first-order valence-electron chi connectivity index (χ1n) is 6.55. The zero-order chi connectivity index (χ0) is 15.9. The van der Waals surface area contributed by atoms with Crippen LogP contribution in [0.25, 0.3) is 6.08 Å². The van der Waals surface area contributed by atoms with Crippen molar-refractivity contribution in [1.82, 2.24) is 0 Å². The number of halogens is 1. The SMILES string of the molecule is COc1cccc(/C=C/C(=O)O)c1OCc1ccc(F)cc1. The number of ether oxygens (including phenoxy) is 2. The lowest BCUT2D eigenvalue weighted by Crippen LogP contribution is -2.00. The van der Waals surface area contributed by atoms with Crippen molar-refractivity contribution in [1.29, 1.82) is 0 Å². The zero-order valence-electron chi connectivity index (χ0n) is 12.0. The van der Waals surface area contributed by atoms with Gasteiger partial charge in [-0.3, -0.25) is 0 Å². The van der Waals surface area contributed by atoms with Gasteiger partial charge in [0, 0.05) is 11.6 Å². The fourth-order valence-electron chi connectivity index (χ4n) is 1.88. The maximum atomic E-state index is 12.9. The summed E-state index contributed by atoms with van der Waals surface area (Å²) >= 11 is 0. The number of aliphatic carboxylic acids is 1. The van der Waals surface area contributed by atoms with E-state index in [9.17, 15) is 9.18 Å². The van der Waals surface area contributed by atoms with Crippen molar-refractivity contribution in [3.8, 4) is 11.5 Å². The molecule has 0 unspecified atom stereocenters. The number of carbonyl (C=O) groups is 1. The van der Waals surface area contributed by atoms with E-state index < -0.39 is 5.97 Å². The number of benzene rings is 2. The summed E-state index contributed by atoms with van der Waals surface area (Å²) in [5.41, 5.74) is 1.38. The molecule has 22 heavy (non-hydrogen) atoms. The predicted molar refractivity (Wildman–Crippen MR) is 80.4 cm³/mol. The third kappa shape index (κ3) is 4.09. The van der Waals surface area contributed by atoms with Crippen LogP contribution >= 0.6 is 0 Å². The molecule has 0 aliphatic carbocycles. The highest BCUT2D eigenvalue weighted by Crippen LogP contribution is 2.32. The second-order valence-corrected chi connectivity index (χ2v) is 4.47. The molecule has 0 aliphatic rings. The van der Waals surface area contributed by atoms with Crippen LogP contribution in [0.3, 0.4) is 0 Å². The van der Waals surface area contributed by atoms with Crippen LogP contribution in [-0.4, -0.2) is 18.2 Å². The van der Waals surface area contributed by atoms with Crippen LogP contribution < -0.4 is 9.47 Å². The molecule has 0 fully saturated rings. The van der Waals surface area contributed by atoms with E-state index in [1.54, 1.807) is 30.3 Å². The van der Waals surface area contributed by atoms with Crippen molar-refractivity contribution in [2.75, 3.05) is 7.11 Å². The Kier molecular flexibility index (Phi) is 5.14. The summed E-state index contributed by atoms with van der Waals surface area (Å²) in [6.45, 7) is 0.217. The molecule has 0 heterocycles. The summed E-state index contributed by atoms with van der Waals surface area (Å²) in [6.07, 6.45) is 2.46. The molecule has 0 aliphatic heterocycles. The van der Waals surface area contributed by atoms with E-state index in [1.165, 1.54) is 25.3 Å². The maximum absolute atomic E-state index is 12.9. The lowest BCUT2D eigenvalue weighted by molar-refractivity contribution is -0.131. The molecule has 2 aromatic carbocycles. The molecule has 0 amide bonds. The van der Waals surface area contributed by atoms with Gasteiger partial charge in [-0.25, -0.2) is 9.18 Å². The summed E-state index contributed by atoms with van der Waals surface area (Å²) in [4.78, 5) is 10.7. The standard InChI is InChI=1S/C17H15FO4/c1-21-15-4-2-3-13(7-10-16(19)20)17(15)22-11-12-5-8-14(18)9-6-12/h2-10H,11H2,1H3,(H,19,20)/b10-7+. The molecule has 2 rings (SSSR count). The molecule has 1 N–H and O–H groups in total. The first-order valence-corrected chi connectivity index (χ1v) is 6.55. The fourth-order valence-corrected chi connectivity index (χ4v) is 1.88. The highest BCUT2D eigenvalue weighted by molar-refractivity contribution is 5.86. The Hall–Kier alpha value is -2.82. The second-order valence-electron chi connectivity index (χ2n) is 4.47. The van der Waals surface area contributed by atoms with E-state index in [-0.39, 0.29) is 12.4 Å². The molecule has 0 radical (unpaired) electrons. The van der Waals surface area contributed by atoms with Crippen LogP contribution in [-0.2, 0) is 11.4 Å². The summed E-state index contributed by atoms with van der Waals surface area (Å²) < 4.78 is 23.8. The molecule has 0 bridgehead atoms. The second kappa shape index (κ2) is 7.26. The molecule has 4 nitrogen and oxygen atoms in total. The molecule has 0 spiro atoms. The average Bonchev–Trinajstić information content (AvgIpc) is 2.52. The largest absolute Gasteiger partial charge is 0.493 e. The summed E-state index contributed by atoms with van der Waals surface area (Å²) in [5.74, 6) is -0.431. The van der Waals surface area contributed by atoms with Crippen LogP contribution in [0.2, 0.25) is 0 Å². The van der Waals surface area contributed by atoms with Gasteiger partial charge in [0.15, 0.2) is 11.5 Å². The van der Waals surface area contributed by atoms with Crippen molar-refractivity contribution < 1.29 is 23.8 Å². The Morgan fingerprint density at radius 3 is 2.59 bits per heavy atom. The minimum atomic E-state index is -1.05. The Morgan fingerprint density at radius 2 is 1.95 bits per heavy atom. The smallest absolute Gasteiger partial charge is 0.328 e. The van der Waals surface area contributed by atoms with Crippen LogP contribution in [0.15, 0.2) is 48.5 Å². The van der Waals surface area contributed by atoms with Gasteiger partial charge in [0.1, 0.15) is 12.4 Å². The molecule has 0 atom stereocenters. The molecule has 2 aromatic rings. The molecular weight excluding hydrogens is 287 g/mol. The molecule has 5 heteroatoms. The number of rotatable bonds is 6. The van der Waals surface area contributed by atoms with Crippen LogP contribution in [0, 0.1) is 5.82 Å². The Bertz CT molecular complexity index is 678. The number of hydrogen-bond donors (Lipinski definition) is 1. The van der Waals surface area contributed by atoms with E-state index in [0.717, 1.165) is 11.6 Å². The van der Waals surface area contributed by atoms with Crippen LogP contribution in [0.5, 0.6) is 11.5 Å². The first kappa shape index (κ1) is 15.6. The quantitative estimate of drug-likeness (QED) is 0.830. The zero-order valence-corrected chi connectivity index (χ0v) is 12.0. The van der Waals surface area contributed by atoms with Crippen molar-refractivity contribution in [2.45, 2.75) is 6.61 Å². The monoisotopic (exact) mass is 302 g/mol. The molecule has 114 valence electrons. The van der Waals surface area contributed by atoms with Crippen molar-refractivity contribution in [2.24, 2.45) is 0 Å². The number of methoxy groups -OCH3 is 1. The van der Waals surface area contributed by atoms with Gasteiger partial charge >= 0.3 is 5.97 Å². The van der Waals surface area contributed by atoms with Crippen LogP contribution in [0.1, 0.15) is 11.1 Å². The molecular formula is C17H15FO4. The van der Waals surface area contributed by atoms with Gasteiger partial charge in [0.2, 0.25) is 0 Å². The van der Waals surface area contributed by atoms with E-state index in [0.29, 0.717) is 17.1 Å². The number of hydrogen-bond acceptors (Lipinski definition) is 3. The van der Waals surface area contributed by atoms with E-state index in [2.05, 4.69) is 0 Å². The normalized spacial score (nSPS) is 10.6. The van der Waals surface area contributed by atoms with Crippen molar-refractivity contribution >= 4 is 12.0 Å². The number of para-hydroxylation sites is 1. The van der Waals surface area contributed by atoms with E-state index in [1.807, 2.05) is 0 Å². The van der Waals surface area contributed by atoms with E-state index >= 15 is 0 Å². The summed E-state index contributed by atoms with van der Waals surface area (Å²) in [5, 5.41) is 8.73. The van der Waals surface area contributed by atoms with Gasteiger partial charge < -0.3 is 14.6 Å². The maximum Gasteiger partial charge on any atom is 0.328 e. The fraction of sp³-hybridized carbons (Fsp3) is 0.118. The Balaban J connectivity index is 2.23. The molecule has 0 saturated heterocycles. The van der Waals surface area contributed by atoms with Gasteiger partial charge in [-0.05, 0) is 29.8 Å². The van der Waals surface area contributed by atoms with Gasteiger partial charge in [-0.15, -0.1) is 0 Å². The summed E-state index contributed by atoms with van der Waals surface area (Å²) in [7, 11) is 1.50. The van der Waals surface area contributed by atoms with Gasteiger partial charge in [-0.2, -0.15) is 0 Å². The number of carboxylic acids is 1. The minimum Gasteiger partial charge on any atom is -0.493 e. The average molecular weight is 302 g/mol. The first-order chi connectivity index (χ1) is 10.6. The highest BCUT2D eigenvalue weighted by Gasteiger charge is 2.09. The number of carboxylic acid groups (broad SMARTS) is 1. The third-order valence-electron chi connectivity index (χ3n) is 2.93. The lowest BCUT2D eigenvalue weighted by Gasteiger charge is -2.13. The topological polar surface area (TPSA) is 55.8 Å². The highest BCUT2D eigenvalue weighted by atomic mass is 19.1. The van der Waals surface area contributed by atoms with E-state index in [4.69, 9.17) is 14.6 Å². The third-order valence-corrected chi connectivity index (χ3v) is 2.93. The molecule has 0 saturated carbocycles. The minimum absolute atomic E-state index is 0.217. The van der Waals surface area contributed by atoms with Gasteiger partial charge in [0.25, 0.3) is 0 Å². The van der Waals surface area contributed by atoms with Gasteiger partial charge in [-0.1, -0.05) is 24.3 Å². The van der Waals surface area contributed by atoms with Crippen molar-refractivity contribution in [3.05, 3.63) is 65.5 Å². The van der Waals surface area contributed by atoms with Gasteiger partial charge in [0.05, 0.1) is 7.11 Å². The van der Waals surface area contributed by atoms with Crippen LogP contribution in [0.4, 0.5) is 4.39 Å². The predicted octanol–water partition coefficient (Wildman–Crippen LogP) is 3.51. The molecule has 0 aromatic heterocycles. The lowest BCUT2D eigenvalue weighted by atomic mass is 10.1. The summed E-state index contributed by atoms with van der Waals surface area (Å²) in [6, 6.07) is 11.1.